The van der Waals surface area contributed by atoms with Crippen LogP contribution in [0.4, 0.5) is 5.82 Å². The van der Waals surface area contributed by atoms with Crippen molar-refractivity contribution in [2.45, 2.75) is 24.5 Å². The first-order chi connectivity index (χ1) is 10.6. The highest BCUT2D eigenvalue weighted by molar-refractivity contribution is 5.81. The van der Waals surface area contributed by atoms with Crippen molar-refractivity contribution in [3.05, 3.63) is 16.8 Å². The van der Waals surface area contributed by atoms with E-state index < -0.39 is 30.2 Å². The zero-order valence-electron chi connectivity index (χ0n) is 12.1. The monoisotopic (exact) mass is 311 g/mol. The molecule has 1 aliphatic heterocycles. The first kappa shape index (κ1) is 14.9. The maximum absolute atomic E-state index is 11.5. The summed E-state index contributed by atoms with van der Waals surface area (Å²) in [6.45, 7) is -0.225. The minimum Gasteiger partial charge on any atom is -0.394 e. The average Bonchev–Trinajstić information content (AvgIpc) is 3.06. The summed E-state index contributed by atoms with van der Waals surface area (Å²) in [6.07, 6.45) is -0.703. The van der Waals surface area contributed by atoms with Gasteiger partial charge in [-0.25, -0.2) is 9.78 Å². The molecule has 1 fully saturated rings. The van der Waals surface area contributed by atoms with Gasteiger partial charge in [0.15, 0.2) is 11.9 Å². The van der Waals surface area contributed by atoms with Crippen LogP contribution in [0.15, 0.2) is 11.1 Å². The number of nitrogens with two attached hydrogens (primary N) is 1. The second-order valence-electron chi connectivity index (χ2n) is 4.93. The third-order valence-corrected chi connectivity index (χ3v) is 3.76. The fourth-order valence-corrected chi connectivity index (χ4v) is 2.76. The number of hydrogen-bond acceptors (Lipinski definition) is 8. The summed E-state index contributed by atoms with van der Waals surface area (Å²) in [5.74, 6) is 0.128. The Kier molecular flexibility index (Phi) is 3.83. The number of aromatic nitrogens is 4. The predicted molar refractivity (Wildman–Crippen MR) is 75.2 cm³/mol. The topological polar surface area (TPSA) is 138 Å². The number of rotatable bonds is 4. The lowest BCUT2D eigenvalue weighted by Gasteiger charge is -2.21. The zero-order chi connectivity index (χ0) is 15.9. The highest BCUT2D eigenvalue weighted by Gasteiger charge is 2.46. The molecular formula is C12H17N5O5. The molecule has 0 aliphatic carbocycles. The van der Waals surface area contributed by atoms with Gasteiger partial charge in [0.25, 0.3) is 0 Å². The number of nitrogens with zero attached hydrogens (tertiary/aromatic N) is 3. The van der Waals surface area contributed by atoms with Gasteiger partial charge in [-0.3, -0.25) is 9.55 Å². The van der Waals surface area contributed by atoms with Gasteiger partial charge in [-0.15, -0.1) is 0 Å². The van der Waals surface area contributed by atoms with E-state index in [0.717, 1.165) is 0 Å². The number of H-pyrrole nitrogens is 1. The number of nitrogens with one attached hydrogen (secondary N) is 1. The molecule has 0 aromatic carbocycles. The fourth-order valence-electron chi connectivity index (χ4n) is 2.76. The molecule has 3 rings (SSSR count). The molecule has 120 valence electrons. The van der Waals surface area contributed by atoms with Crippen LogP contribution in [0.3, 0.4) is 0 Å². The lowest BCUT2D eigenvalue weighted by Crippen LogP contribution is -2.36. The van der Waals surface area contributed by atoms with Gasteiger partial charge in [0.05, 0.1) is 12.9 Å². The molecule has 2 aromatic rings. The first-order valence-corrected chi connectivity index (χ1v) is 6.65. The largest absolute Gasteiger partial charge is 0.394 e. The maximum atomic E-state index is 11.5. The predicted octanol–water partition coefficient (Wildman–Crippen LogP) is -1.38. The number of aliphatic hydroxyl groups excluding tert-OH is 1. The number of imidazole rings is 1. The van der Waals surface area contributed by atoms with E-state index in [9.17, 15) is 9.90 Å². The van der Waals surface area contributed by atoms with Crippen molar-refractivity contribution >= 4 is 17.0 Å². The number of methoxy groups -OCH3 is 2. The van der Waals surface area contributed by atoms with E-state index in [4.69, 9.17) is 19.9 Å². The Morgan fingerprint density at radius 3 is 2.82 bits per heavy atom. The summed E-state index contributed by atoms with van der Waals surface area (Å²) in [7, 11) is 3.03. The van der Waals surface area contributed by atoms with E-state index in [-0.39, 0.29) is 18.1 Å². The number of aliphatic hydroxyl groups is 1. The maximum Gasteiger partial charge on any atom is 0.348 e. The van der Waals surface area contributed by atoms with Crippen molar-refractivity contribution in [1.82, 2.24) is 19.5 Å². The molecule has 3 heterocycles. The molecular weight excluding hydrogens is 294 g/mol. The quantitative estimate of drug-likeness (QED) is 0.628. The van der Waals surface area contributed by atoms with Crippen molar-refractivity contribution in [1.29, 1.82) is 0 Å². The number of aromatic amines is 1. The van der Waals surface area contributed by atoms with Crippen molar-refractivity contribution in [2.75, 3.05) is 26.6 Å². The molecule has 4 N–H and O–H groups in total. The standard InChI is InChI=1S/C12H17N5O5/c1-20-7-5(3-18)22-11(8(7)21-2)17-4-14-6-9(13)15-12(19)16-10(6)17/h4-5,7-8,11,18H,3H2,1-2H3,(H3,13,15,16,19). The van der Waals surface area contributed by atoms with Crippen LogP contribution in [-0.2, 0) is 14.2 Å². The second-order valence-corrected chi connectivity index (χ2v) is 4.93. The Labute approximate surface area is 124 Å². The molecule has 0 spiro atoms. The lowest BCUT2D eigenvalue weighted by molar-refractivity contribution is -0.0583. The van der Waals surface area contributed by atoms with Crippen LogP contribution in [0, 0.1) is 0 Å². The normalized spacial score (nSPS) is 28.5. The van der Waals surface area contributed by atoms with Crippen LogP contribution in [0.5, 0.6) is 0 Å². The first-order valence-electron chi connectivity index (χ1n) is 6.65. The van der Waals surface area contributed by atoms with Gasteiger partial charge in [0, 0.05) is 14.2 Å². The molecule has 4 atom stereocenters. The van der Waals surface area contributed by atoms with Gasteiger partial charge in [0.2, 0.25) is 0 Å². The van der Waals surface area contributed by atoms with Gasteiger partial charge in [-0.2, -0.15) is 4.98 Å². The smallest absolute Gasteiger partial charge is 0.348 e. The second kappa shape index (κ2) is 5.65. The third kappa shape index (κ3) is 2.16. The average molecular weight is 311 g/mol. The minimum absolute atomic E-state index is 0.128. The summed E-state index contributed by atoms with van der Waals surface area (Å²) < 4.78 is 18.1. The Morgan fingerprint density at radius 1 is 1.45 bits per heavy atom. The van der Waals surface area contributed by atoms with Crippen molar-refractivity contribution in [2.24, 2.45) is 0 Å². The molecule has 4 unspecified atom stereocenters. The number of anilines is 1. The van der Waals surface area contributed by atoms with Gasteiger partial charge in [0.1, 0.15) is 29.6 Å². The summed E-state index contributed by atoms with van der Waals surface area (Å²) >= 11 is 0. The van der Waals surface area contributed by atoms with Crippen LogP contribution in [0.2, 0.25) is 0 Å². The summed E-state index contributed by atoms with van der Waals surface area (Å²) in [4.78, 5) is 21.9. The van der Waals surface area contributed by atoms with E-state index in [1.807, 2.05) is 0 Å². The molecule has 0 radical (unpaired) electrons. The Morgan fingerprint density at radius 2 is 2.18 bits per heavy atom. The van der Waals surface area contributed by atoms with Crippen LogP contribution >= 0.6 is 0 Å². The fraction of sp³-hybridized carbons (Fsp3) is 0.583. The van der Waals surface area contributed by atoms with Crippen molar-refractivity contribution in [3.63, 3.8) is 0 Å². The van der Waals surface area contributed by atoms with Crippen LogP contribution in [0.1, 0.15) is 6.23 Å². The number of fused-ring (bicyclic) bond motifs is 1. The summed E-state index contributed by atoms with van der Waals surface area (Å²) in [5, 5.41) is 9.42. The molecule has 2 aromatic heterocycles. The molecule has 0 saturated carbocycles. The SMILES string of the molecule is COC1C(CO)OC(n2cnc3c(N)[nH]c(=O)nc32)C1OC. The molecule has 10 heteroatoms. The lowest BCUT2D eigenvalue weighted by atomic mass is 10.1. The van der Waals surface area contributed by atoms with Gasteiger partial charge in [-0.1, -0.05) is 0 Å². The molecule has 10 nitrogen and oxygen atoms in total. The minimum atomic E-state index is -0.647. The zero-order valence-corrected chi connectivity index (χ0v) is 12.1. The molecule has 1 saturated heterocycles. The van der Waals surface area contributed by atoms with E-state index >= 15 is 0 Å². The molecule has 1 aliphatic rings. The number of nitrogen functional groups attached to an aromatic ring is 1. The highest BCUT2D eigenvalue weighted by atomic mass is 16.6. The number of hydrogen-bond donors (Lipinski definition) is 3. The van der Waals surface area contributed by atoms with Gasteiger partial charge in [-0.05, 0) is 0 Å². The number of ether oxygens (including phenoxy) is 3. The molecule has 0 amide bonds. The molecule has 0 bridgehead atoms. The van der Waals surface area contributed by atoms with Crippen LogP contribution in [0.25, 0.3) is 11.2 Å². The third-order valence-electron chi connectivity index (χ3n) is 3.76. The van der Waals surface area contributed by atoms with Crippen LogP contribution in [-0.4, -0.2) is 63.8 Å². The van der Waals surface area contributed by atoms with Crippen molar-refractivity contribution < 1.29 is 19.3 Å². The summed E-state index contributed by atoms with van der Waals surface area (Å²) in [5.41, 5.74) is 5.79. The van der Waals surface area contributed by atoms with Gasteiger partial charge >= 0.3 is 5.69 Å². The van der Waals surface area contributed by atoms with Crippen LogP contribution < -0.4 is 11.4 Å². The Balaban J connectivity index is 2.09. The van der Waals surface area contributed by atoms with E-state index in [0.29, 0.717) is 5.52 Å². The highest BCUT2D eigenvalue weighted by Crippen LogP contribution is 2.34. The van der Waals surface area contributed by atoms with E-state index in [1.165, 1.54) is 20.5 Å². The Bertz CT molecular complexity index is 728. The van der Waals surface area contributed by atoms with E-state index in [1.54, 1.807) is 4.57 Å². The van der Waals surface area contributed by atoms with E-state index in [2.05, 4.69) is 15.0 Å². The Hall–Kier alpha value is -2.01. The van der Waals surface area contributed by atoms with Gasteiger partial charge < -0.3 is 25.1 Å². The molecule has 22 heavy (non-hydrogen) atoms. The van der Waals surface area contributed by atoms with Crippen molar-refractivity contribution in [3.8, 4) is 0 Å². The summed E-state index contributed by atoms with van der Waals surface area (Å²) in [6, 6.07) is 0.